The Bertz CT molecular complexity index is 958. The lowest BCUT2D eigenvalue weighted by atomic mass is 10.2. The number of ether oxygens (including phenoxy) is 2. The summed E-state index contributed by atoms with van der Waals surface area (Å²) in [6.45, 7) is 0.846. The first-order valence-corrected chi connectivity index (χ1v) is 10.1. The fourth-order valence-corrected chi connectivity index (χ4v) is 3.14. The standard InChI is InChI=1S/C18H18ClNO6S/c1-12-7-8-13(19)15(9-12)25-11-18(22)26-10-17(21)20-14-5-3-4-6-16(14)27(2,23)24/h3-9H,10-11H2,1-2H3,(H,20,21). The minimum absolute atomic E-state index is 0.0258. The number of carbonyl (C=O) groups is 2. The van der Waals surface area contributed by atoms with Crippen LogP contribution in [-0.2, 0) is 24.2 Å². The summed E-state index contributed by atoms with van der Waals surface area (Å²) in [5, 5.41) is 2.76. The second-order valence-electron chi connectivity index (χ2n) is 5.70. The molecule has 27 heavy (non-hydrogen) atoms. The number of halogens is 1. The third kappa shape index (κ3) is 6.26. The van der Waals surface area contributed by atoms with Gasteiger partial charge in [-0.05, 0) is 36.8 Å². The molecule has 144 valence electrons. The molecule has 0 bridgehead atoms. The zero-order valence-corrected chi connectivity index (χ0v) is 16.3. The van der Waals surface area contributed by atoms with Crippen molar-refractivity contribution in [3.8, 4) is 5.75 Å². The molecule has 2 rings (SSSR count). The quantitative estimate of drug-likeness (QED) is 0.703. The molecule has 0 aliphatic heterocycles. The fourth-order valence-electron chi connectivity index (χ4n) is 2.13. The molecule has 0 heterocycles. The van der Waals surface area contributed by atoms with Gasteiger partial charge in [-0.3, -0.25) is 4.79 Å². The van der Waals surface area contributed by atoms with Crippen LogP contribution in [0.1, 0.15) is 5.56 Å². The lowest BCUT2D eigenvalue weighted by Crippen LogP contribution is -2.24. The Balaban J connectivity index is 1.87. The summed E-state index contributed by atoms with van der Waals surface area (Å²) >= 11 is 5.96. The van der Waals surface area contributed by atoms with Crippen molar-refractivity contribution >= 4 is 39.0 Å². The third-order valence-corrected chi connectivity index (χ3v) is 4.82. The average Bonchev–Trinajstić information content (AvgIpc) is 2.60. The van der Waals surface area contributed by atoms with E-state index < -0.39 is 34.9 Å². The van der Waals surface area contributed by atoms with Crippen molar-refractivity contribution in [2.45, 2.75) is 11.8 Å². The van der Waals surface area contributed by atoms with Gasteiger partial charge in [-0.1, -0.05) is 29.8 Å². The van der Waals surface area contributed by atoms with Gasteiger partial charge in [0, 0.05) is 6.26 Å². The van der Waals surface area contributed by atoms with Crippen molar-refractivity contribution < 1.29 is 27.5 Å². The Kier molecular flexibility index (Phi) is 6.81. The highest BCUT2D eigenvalue weighted by Gasteiger charge is 2.16. The summed E-state index contributed by atoms with van der Waals surface area (Å²) in [6.07, 6.45) is 1.03. The Morgan fingerprint density at radius 1 is 1.11 bits per heavy atom. The summed E-state index contributed by atoms with van der Waals surface area (Å²) in [4.78, 5) is 23.6. The number of esters is 1. The molecule has 0 aromatic heterocycles. The summed E-state index contributed by atoms with van der Waals surface area (Å²) < 4.78 is 33.5. The molecule has 0 aliphatic carbocycles. The Morgan fingerprint density at radius 3 is 2.52 bits per heavy atom. The summed E-state index contributed by atoms with van der Waals surface area (Å²) in [5.74, 6) is -1.10. The van der Waals surface area contributed by atoms with Crippen molar-refractivity contribution in [1.82, 2.24) is 0 Å². The Labute approximate surface area is 162 Å². The van der Waals surface area contributed by atoms with Gasteiger partial charge in [0.15, 0.2) is 23.1 Å². The van der Waals surface area contributed by atoms with E-state index in [1.54, 1.807) is 30.3 Å². The van der Waals surface area contributed by atoms with Crippen molar-refractivity contribution in [3.05, 3.63) is 53.1 Å². The number of hydrogen-bond donors (Lipinski definition) is 1. The molecule has 0 aliphatic rings. The van der Waals surface area contributed by atoms with Gasteiger partial charge in [0.05, 0.1) is 15.6 Å². The first-order chi connectivity index (χ1) is 12.7. The van der Waals surface area contributed by atoms with E-state index in [2.05, 4.69) is 5.32 Å². The minimum atomic E-state index is -3.51. The van der Waals surface area contributed by atoms with E-state index in [0.717, 1.165) is 11.8 Å². The number of aryl methyl sites for hydroxylation is 1. The lowest BCUT2D eigenvalue weighted by molar-refractivity contribution is -0.149. The van der Waals surface area contributed by atoms with Gasteiger partial charge < -0.3 is 14.8 Å². The zero-order valence-electron chi connectivity index (χ0n) is 14.7. The van der Waals surface area contributed by atoms with Crippen molar-refractivity contribution in [1.29, 1.82) is 0 Å². The number of amides is 1. The van der Waals surface area contributed by atoms with E-state index >= 15 is 0 Å². The first-order valence-electron chi connectivity index (χ1n) is 7.80. The predicted molar refractivity (Wildman–Crippen MR) is 101 cm³/mol. The first kappa shape index (κ1) is 20.7. The molecule has 1 amide bonds. The number of nitrogens with one attached hydrogen (secondary N) is 1. The highest BCUT2D eigenvalue weighted by molar-refractivity contribution is 7.90. The number of hydrogen-bond acceptors (Lipinski definition) is 6. The average molecular weight is 412 g/mol. The van der Waals surface area contributed by atoms with Crippen LogP contribution in [0.2, 0.25) is 5.02 Å². The highest BCUT2D eigenvalue weighted by atomic mass is 35.5. The van der Waals surface area contributed by atoms with Crippen LogP contribution in [0.3, 0.4) is 0 Å². The summed E-state index contributed by atoms with van der Waals surface area (Å²) in [6, 6.07) is 11.0. The van der Waals surface area contributed by atoms with Crippen molar-refractivity contribution in [3.63, 3.8) is 0 Å². The van der Waals surface area contributed by atoms with Crippen molar-refractivity contribution in [2.75, 3.05) is 24.8 Å². The predicted octanol–water partition coefficient (Wildman–Crippen LogP) is 2.61. The molecule has 7 nitrogen and oxygen atoms in total. The molecule has 0 unspecified atom stereocenters. The number of anilines is 1. The monoisotopic (exact) mass is 411 g/mol. The van der Waals surface area contributed by atoms with E-state index in [1.165, 1.54) is 12.1 Å². The van der Waals surface area contributed by atoms with E-state index in [0.29, 0.717) is 10.8 Å². The Hall–Kier alpha value is -2.58. The molecule has 2 aromatic rings. The van der Waals surface area contributed by atoms with Crippen molar-refractivity contribution in [2.24, 2.45) is 0 Å². The maximum absolute atomic E-state index is 11.9. The van der Waals surface area contributed by atoms with Crippen LogP contribution in [-0.4, -0.2) is 39.8 Å². The third-order valence-electron chi connectivity index (χ3n) is 3.36. The lowest BCUT2D eigenvalue weighted by Gasteiger charge is -2.11. The highest BCUT2D eigenvalue weighted by Crippen LogP contribution is 2.25. The molecule has 0 saturated carbocycles. The molecule has 0 fully saturated rings. The van der Waals surface area contributed by atoms with Crippen LogP contribution in [0.25, 0.3) is 0 Å². The van der Waals surface area contributed by atoms with E-state index in [1.807, 2.05) is 6.92 Å². The van der Waals surface area contributed by atoms with Crippen LogP contribution in [0, 0.1) is 6.92 Å². The van der Waals surface area contributed by atoms with E-state index in [9.17, 15) is 18.0 Å². The number of para-hydroxylation sites is 1. The summed E-state index contributed by atoms with van der Waals surface area (Å²) in [7, 11) is -3.51. The van der Waals surface area contributed by atoms with Gasteiger partial charge in [-0.15, -0.1) is 0 Å². The molecular formula is C18H18ClNO6S. The topological polar surface area (TPSA) is 98.8 Å². The maximum Gasteiger partial charge on any atom is 0.344 e. The molecule has 0 spiro atoms. The fraction of sp³-hybridized carbons (Fsp3) is 0.222. The van der Waals surface area contributed by atoms with Gasteiger partial charge in [0.25, 0.3) is 5.91 Å². The SMILES string of the molecule is Cc1ccc(Cl)c(OCC(=O)OCC(=O)Nc2ccccc2S(C)(=O)=O)c1. The molecule has 0 radical (unpaired) electrons. The minimum Gasteiger partial charge on any atom is -0.480 e. The second-order valence-corrected chi connectivity index (χ2v) is 8.09. The molecular weight excluding hydrogens is 394 g/mol. The molecule has 1 N–H and O–H groups in total. The second kappa shape index (κ2) is 8.88. The molecule has 9 heteroatoms. The number of carbonyl (C=O) groups excluding carboxylic acids is 2. The van der Waals surface area contributed by atoms with Gasteiger partial charge in [-0.2, -0.15) is 0 Å². The van der Waals surface area contributed by atoms with Crippen LogP contribution in [0.5, 0.6) is 5.75 Å². The van der Waals surface area contributed by atoms with Crippen LogP contribution < -0.4 is 10.1 Å². The van der Waals surface area contributed by atoms with E-state index in [4.69, 9.17) is 21.1 Å². The zero-order chi connectivity index (χ0) is 20.0. The molecule has 0 saturated heterocycles. The number of sulfone groups is 1. The van der Waals surface area contributed by atoms with Crippen LogP contribution >= 0.6 is 11.6 Å². The smallest absolute Gasteiger partial charge is 0.344 e. The van der Waals surface area contributed by atoms with E-state index in [-0.39, 0.29) is 10.6 Å². The van der Waals surface area contributed by atoms with Crippen LogP contribution in [0.4, 0.5) is 5.69 Å². The van der Waals surface area contributed by atoms with Crippen LogP contribution in [0.15, 0.2) is 47.4 Å². The van der Waals surface area contributed by atoms with Gasteiger partial charge in [0.1, 0.15) is 5.75 Å². The number of benzene rings is 2. The van der Waals surface area contributed by atoms with Gasteiger partial charge in [0.2, 0.25) is 0 Å². The Morgan fingerprint density at radius 2 is 1.81 bits per heavy atom. The molecule has 0 atom stereocenters. The normalized spacial score (nSPS) is 10.9. The van der Waals surface area contributed by atoms with Gasteiger partial charge >= 0.3 is 5.97 Å². The maximum atomic E-state index is 11.9. The largest absolute Gasteiger partial charge is 0.480 e. The summed E-state index contributed by atoms with van der Waals surface area (Å²) in [5.41, 5.74) is 1.02. The van der Waals surface area contributed by atoms with Gasteiger partial charge in [-0.25, -0.2) is 13.2 Å². The molecule has 2 aromatic carbocycles. The number of rotatable bonds is 7.